The first-order valence-electron chi connectivity index (χ1n) is 10.9. The molecule has 0 saturated carbocycles. The van der Waals surface area contributed by atoms with E-state index in [9.17, 15) is 18.5 Å². The molecular formula is C26H19ClN4O4S. The summed E-state index contributed by atoms with van der Waals surface area (Å²) in [5, 5.41) is 16.0. The van der Waals surface area contributed by atoms with Gasteiger partial charge in [0.2, 0.25) is 17.5 Å². The number of nitriles is 1. The summed E-state index contributed by atoms with van der Waals surface area (Å²) in [5.74, 6) is -0.187. The smallest absolute Gasteiger partial charge is 0.268 e. The molecule has 8 nitrogen and oxygen atoms in total. The first-order chi connectivity index (χ1) is 17.1. The summed E-state index contributed by atoms with van der Waals surface area (Å²) in [6.45, 7) is 2.99. The molecule has 0 aliphatic carbocycles. The van der Waals surface area contributed by atoms with E-state index in [1.807, 2.05) is 18.2 Å². The standard InChI is InChI=1S/C26H19ClN4O4S/c1-17(32)31-26(2,35-25(29-31)19-6-4-3-5-7-19)23-16-30(24-13-8-18(15-28)14-22(23)24)36(33,34)21-11-9-20(27)10-12-21/h3-14,16H,1-2H3. The minimum absolute atomic E-state index is 0.0295. The molecular weight excluding hydrogens is 500 g/mol. The van der Waals surface area contributed by atoms with Gasteiger partial charge in [-0.3, -0.25) is 4.79 Å². The minimum Gasteiger partial charge on any atom is -0.443 e. The molecule has 0 spiro atoms. The van der Waals surface area contributed by atoms with Gasteiger partial charge in [0, 0.05) is 41.6 Å². The number of rotatable bonds is 4. The Kier molecular flexibility index (Phi) is 5.58. The van der Waals surface area contributed by atoms with Crippen molar-refractivity contribution in [3.05, 3.63) is 101 Å². The van der Waals surface area contributed by atoms with E-state index in [4.69, 9.17) is 16.3 Å². The highest BCUT2D eigenvalue weighted by atomic mass is 35.5. The van der Waals surface area contributed by atoms with Crippen LogP contribution in [0.5, 0.6) is 0 Å². The van der Waals surface area contributed by atoms with Crippen LogP contribution in [0.1, 0.15) is 30.5 Å². The van der Waals surface area contributed by atoms with E-state index in [0.717, 1.165) is 3.97 Å². The van der Waals surface area contributed by atoms with Crippen molar-refractivity contribution in [2.24, 2.45) is 5.10 Å². The Bertz CT molecular complexity index is 1690. The number of carbonyl (C=O) groups is 1. The van der Waals surface area contributed by atoms with Crippen LogP contribution in [0.2, 0.25) is 5.02 Å². The number of nitrogens with zero attached hydrogens (tertiary/aromatic N) is 4. The van der Waals surface area contributed by atoms with Gasteiger partial charge in [-0.25, -0.2) is 12.4 Å². The fourth-order valence-electron chi connectivity index (χ4n) is 4.23. The SMILES string of the molecule is CC(=O)N1N=C(c2ccccc2)OC1(C)c1cn(S(=O)(=O)c2ccc(Cl)cc2)c2ccc(C#N)cc12. The van der Waals surface area contributed by atoms with Crippen LogP contribution in [-0.4, -0.2) is 29.2 Å². The van der Waals surface area contributed by atoms with Crippen LogP contribution in [0.3, 0.4) is 0 Å². The highest BCUT2D eigenvalue weighted by Gasteiger charge is 2.47. The quantitative estimate of drug-likeness (QED) is 0.385. The normalized spacial score (nSPS) is 17.5. The molecule has 1 aliphatic rings. The summed E-state index contributed by atoms with van der Waals surface area (Å²) in [4.78, 5) is 12.7. The van der Waals surface area contributed by atoms with Gasteiger partial charge in [-0.05, 0) is 54.6 Å². The van der Waals surface area contributed by atoms with Crippen LogP contribution in [0.15, 0.2) is 89.0 Å². The van der Waals surface area contributed by atoms with E-state index in [2.05, 4.69) is 11.2 Å². The van der Waals surface area contributed by atoms with Gasteiger partial charge in [-0.15, -0.1) is 5.10 Å². The van der Waals surface area contributed by atoms with E-state index in [0.29, 0.717) is 32.6 Å². The lowest BCUT2D eigenvalue weighted by Gasteiger charge is -2.30. The Morgan fingerprint density at radius 2 is 1.78 bits per heavy atom. The molecule has 1 amide bonds. The van der Waals surface area contributed by atoms with Gasteiger partial charge < -0.3 is 4.74 Å². The van der Waals surface area contributed by atoms with Crippen LogP contribution < -0.4 is 0 Å². The molecule has 1 aliphatic heterocycles. The predicted molar refractivity (Wildman–Crippen MR) is 135 cm³/mol. The molecule has 1 aromatic heterocycles. The molecule has 10 heteroatoms. The Labute approximate surface area is 212 Å². The van der Waals surface area contributed by atoms with Crippen molar-refractivity contribution >= 4 is 44.3 Å². The lowest BCUT2D eigenvalue weighted by Crippen LogP contribution is -2.41. The highest BCUT2D eigenvalue weighted by molar-refractivity contribution is 7.90. The summed E-state index contributed by atoms with van der Waals surface area (Å²) in [5.41, 5.74) is 0.176. The number of benzene rings is 3. The summed E-state index contributed by atoms with van der Waals surface area (Å²) in [7, 11) is -4.06. The number of aromatic nitrogens is 1. The lowest BCUT2D eigenvalue weighted by atomic mass is 10.0. The zero-order valence-electron chi connectivity index (χ0n) is 19.2. The molecule has 0 saturated heterocycles. The second-order valence-corrected chi connectivity index (χ2v) is 10.6. The molecule has 1 unspecified atom stereocenters. The number of hydrogen-bond acceptors (Lipinski definition) is 6. The van der Waals surface area contributed by atoms with Crippen molar-refractivity contribution in [2.45, 2.75) is 24.5 Å². The summed E-state index contributed by atoms with van der Waals surface area (Å²) < 4.78 is 34.7. The van der Waals surface area contributed by atoms with Gasteiger partial charge in [-0.1, -0.05) is 29.8 Å². The van der Waals surface area contributed by atoms with Gasteiger partial charge >= 0.3 is 0 Å². The molecule has 0 bridgehead atoms. The Morgan fingerprint density at radius 3 is 2.42 bits per heavy atom. The largest absolute Gasteiger partial charge is 0.443 e. The third kappa shape index (κ3) is 3.71. The number of halogens is 1. The molecule has 4 aromatic rings. The molecule has 5 rings (SSSR count). The first kappa shape index (κ1) is 23.6. The topological polar surface area (TPSA) is 105 Å². The Morgan fingerprint density at radius 1 is 1.08 bits per heavy atom. The maximum Gasteiger partial charge on any atom is 0.268 e. The maximum absolute atomic E-state index is 13.7. The minimum atomic E-state index is -4.06. The number of hydrogen-bond donors (Lipinski definition) is 0. The maximum atomic E-state index is 13.7. The third-order valence-corrected chi connectivity index (χ3v) is 7.92. The lowest BCUT2D eigenvalue weighted by molar-refractivity contribution is -0.145. The second-order valence-electron chi connectivity index (χ2n) is 8.33. The van der Waals surface area contributed by atoms with Gasteiger partial charge in [0.1, 0.15) is 0 Å². The third-order valence-electron chi connectivity index (χ3n) is 5.98. The fourth-order valence-corrected chi connectivity index (χ4v) is 5.73. The van der Waals surface area contributed by atoms with Crippen molar-refractivity contribution in [1.82, 2.24) is 8.98 Å². The predicted octanol–water partition coefficient (Wildman–Crippen LogP) is 4.82. The summed E-state index contributed by atoms with van der Waals surface area (Å²) >= 11 is 5.96. The zero-order chi connectivity index (χ0) is 25.7. The van der Waals surface area contributed by atoms with E-state index in [1.54, 1.807) is 31.2 Å². The fraction of sp³-hybridized carbons (Fsp3) is 0.115. The zero-order valence-corrected chi connectivity index (χ0v) is 20.8. The van der Waals surface area contributed by atoms with Crippen LogP contribution in [0.4, 0.5) is 0 Å². The van der Waals surface area contributed by atoms with Crippen molar-refractivity contribution in [3.63, 3.8) is 0 Å². The summed E-state index contributed by atoms with van der Waals surface area (Å²) in [6, 6.07) is 21.6. The average Bonchev–Trinajstić information content (AvgIpc) is 3.44. The molecule has 3 aromatic carbocycles. The molecule has 0 N–H and O–H groups in total. The van der Waals surface area contributed by atoms with Crippen molar-refractivity contribution in [1.29, 1.82) is 5.26 Å². The van der Waals surface area contributed by atoms with Crippen LogP contribution in [-0.2, 0) is 25.3 Å². The van der Waals surface area contributed by atoms with Crippen LogP contribution >= 0.6 is 11.6 Å². The first-order valence-corrected chi connectivity index (χ1v) is 12.7. The van der Waals surface area contributed by atoms with Crippen LogP contribution in [0, 0.1) is 11.3 Å². The number of amides is 1. The highest BCUT2D eigenvalue weighted by Crippen LogP contribution is 2.42. The summed E-state index contributed by atoms with van der Waals surface area (Å²) in [6.07, 6.45) is 1.41. The second kappa shape index (κ2) is 8.52. The molecule has 36 heavy (non-hydrogen) atoms. The van der Waals surface area contributed by atoms with Crippen LogP contribution in [0.25, 0.3) is 10.9 Å². The average molecular weight is 519 g/mol. The van der Waals surface area contributed by atoms with E-state index in [1.165, 1.54) is 48.5 Å². The number of fused-ring (bicyclic) bond motifs is 1. The van der Waals surface area contributed by atoms with Gasteiger partial charge in [-0.2, -0.15) is 10.3 Å². The van der Waals surface area contributed by atoms with Gasteiger partial charge in [0.05, 0.1) is 22.0 Å². The molecule has 0 fully saturated rings. The van der Waals surface area contributed by atoms with Gasteiger partial charge in [0.25, 0.3) is 10.0 Å². The van der Waals surface area contributed by atoms with Gasteiger partial charge in [0.15, 0.2) is 0 Å². The van der Waals surface area contributed by atoms with E-state index in [-0.39, 0.29) is 10.8 Å². The Balaban J connectivity index is 1.74. The monoisotopic (exact) mass is 518 g/mol. The number of ether oxygens (including phenoxy) is 1. The number of hydrazone groups is 1. The molecule has 0 radical (unpaired) electrons. The molecule has 2 heterocycles. The van der Waals surface area contributed by atoms with Crippen molar-refractivity contribution in [3.8, 4) is 6.07 Å². The molecule has 1 atom stereocenters. The van der Waals surface area contributed by atoms with E-state index < -0.39 is 21.7 Å². The molecule has 180 valence electrons. The van der Waals surface area contributed by atoms with Crippen molar-refractivity contribution < 1.29 is 17.9 Å². The van der Waals surface area contributed by atoms with Crippen molar-refractivity contribution in [2.75, 3.05) is 0 Å². The van der Waals surface area contributed by atoms with E-state index >= 15 is 0 Å². The number of carbonyl (C=O) groups excluding carboxylic acids is 1. The Hall–Kier alpha value is -4.13.